The molecule has 192 valence electrons. The average Bonchev–Trinajstić information content (AvgIpc) is 2.91. The van der Waals surface area contributed by atoms with E-state index in [1.807, 2.05) is 18.2 Å². The van der Waals surface area contributed by atoms with E-state index in [2.05, 4.69) is 5.32 Å². The van der Waals surface area contributed by atoms with E-state index in [9.17, 15) is 13.2 Å². The number of benzene rings is 3. The number of hydrogen-bond donors (Lipinski definition) is 1. The average molecular weight is 515 g/mol. The van der Waals surface area contributed by atoms with Crippen molar-refractivity contribution < 1.29 is 32.2 Å². The molecule has 0 atom stereocenters. The van der Waals surface area contributed by atoms with E-state index in [1.165, 1.54) is 39.5 Å². The first-order valence-electron chi connectivity index (χ1n) is 11.1. The van der Waals surface area contributed by atoms with Gasteiger partial charge in [-0.15, -0.1) is 0 Å². The van der Waals surface area contributed by atoms with Crippen LogP contribution in [0.2, 0.25) is 0 Å². The molecular formula is C26H30N2O7S. The van der Waals surface area contributed by atoms with Gasteiger partial charge in [-0.2, -0.15) is 4.31 Å². The summed E-state index contributed by atoms with van der Waals surface area (Å²) >= 11 is 0. The molecule has 36 heavy (non-hydrogen) atoms. The normalized spacial score (nSPS) is 11.1. The molecule has 3 rings (SSSR count). The van der Waals surface area contributed by atoms with Crippen LogP contribution in [0, 0.1) is 0 Å². The minimum atomic E-state index is -4.05. The summed E-state index contributed by atoms with van der Waals surface area (Å²) in [7, 11) is 1.91. The van der Waals surface area contributed by atoms with Crippen molar-refractivity contribution in [2.75, 3.05) is 35.0 Å². The number of hydrogen-bond acceptors (Lipinski definition) is 7. The summed E-state index contributed by atoms with van der Waals surface area (Å²) < 4.78 is 49.3. The highest BCUT2D eigenvalue weighted by Gasteiger charge is 2.28. The lowest BCUT2D eigenvalue weighted by atomic mass is 10.2. The highest BCUT2D eigenvalue weighted by molar-refractivity contribution is 7.89. The van der Waals surface area contributed by atoms with Gasteiger partial charge in [0.05, 0.1) is 39.9 Å². The third kappa shape index (κ3) is 6.46. The fourth-order valence-corrected chi connectivity index (χ4v) is 4.95. The second-order valence-electron chi connectivity index (χ2n) is 7.74. The molecule has 0 bridgehead atoms. The van der Waals surface area contributed by atoms with Crippen molar-refractivity contribution in [2.24, 2.45) is 0 Å². The van der Waals surface area contributed by atoms with E-state index >= 15 is 0 Å². The summed E-state index contributed by atoms with van der Waals surface area (Å²) in [4.78, 5) is 12.9. The van der Waals surface area contributed by atoms with Crippen molar-refractivity contribution in [1.29, 1.82) is 0 Å². The van der Waals surface area contributed by atoms with Crippen molar-refractivity contribution in [2.45, 2.75) is 18.0 Å². The van der Waals surface area contributed by atoms with E-state index in [0.717, 1.165) is 15.4 Å². The molecule has 0 spiro atoms. The molecule has 0 aromatic heterocycles. The standard InChI is InChI=1S/C26H30N2O7S/c1-32-22-12-10-20(14-24(22)34-3)16-27-26(29)18-28(17-19-8-6-5-7-9-19)36(30,31)21-11-13-23(33-2)25(15-21)35-4/h5-15H,16-18H2,1-4H3,(H,27,29). The van der Waals surface area contributed by atoms with Gasteiger partial charge in [0.25, 0.3) is 0 Å². The van der Waals surface area contributed by atoms with Crippen LogP contribution in [0.1, 0.15) is 11.1 Å². The Kier molecular flexibility index (Phi) is 9.15. The molecule has 0 fully saturated rings. The lowest BCUT2D eigenvalue weighted by Gasteiger charge is -2.22. The van der Waals surface area contributed by atoms with Crippen LogP contribution >= 0.6 is 0 Å². The third-order valence-corrected chi connectivity index (χ3v) is 7.24. The van der Waals surface area contributed by atoms with Crippen LogP contribution < -0.4 is 24.3 Å². The van der Waals surface area contributed by atoms with Gasteiger partial charge in [-0.3, -0.25) is 4.79 Å². The molecule has 0 aliphatic rings. The molecule has 3 aromatic carbocycles. The van der Waals surface area contributed by atoms with E-state index in [-0.39, 0.29) is 30.3 Å². The minimum Gasteiger partial charge on any atom is -0.493 e. The van der Waals surface area contributed by atoms with Crippen molar-refractivity contribution in [3.8, 4) is 23.0 Å². The summed E-state index contributed by atoms with van der Waals surface area (Å²) in [5.41, 5.74) is 1.52. The van der Waals surface area contributed by atoms with Gasteiger partial charge < -0.3 is 24.3 Å². The lowest BCUT2D eigenvalue weighted by Crippen LogP contribution is -2.40. The molecule has 3 aromatic rings. The second kappa shape index (κ2) is 12.3. The zero-order chi connectivity index (χ0) is 26.1. The number of nitrogens with zero attached hydrogens (tertiary/aromatic N) is 1. The highest BCUT2D eigenvalue weighted by atomic mass is 32.2. The van der Waals surface area contributed by atoms with Crippen LogP contribution in [0.4, 0.5) is 0 Å². The van der Waals surface area contributed by atoms with E-state index in [4.69, 9.17) is 18.9 Å². The van der Waals surface area contributed by atoms with Crippen LogP contribution in [-0.4, -0.2) is 53.6 Å². The number of sulfonamides is 1. The minimum absolute atomic E-state index is 0.0104. The van der Waals surface area contributed by atoms with E-state index in [0.29, 0.717) is 17.2 Å². The van der Waals surface area contributed by atoms with Gasteiger partial charge in [0.15, 0.2) is 23.0 Å². The Balaban J connectivity index is 1.82. The zero-order valence-corrected chi connectivity index (χ0v) is 21.5. The topological polar surface area (TPSA) is 103 Å². The van der Waals surface area contributed by atoms with Crippen LogP contribution in [0.5, 0.6) is 23.0 Å². The zero-order valence-electron chi connectivity index (χ0n) is 20.7. The molecule has 0 aliphatic carbocycles. The molecule has 0 saturated carbocycles. The quantitative estimate of drug-likeness (QED) is 0.396. The van der Waals surface area contributed by atoms with Crippen LogP contribution in [0.25, 0.3) is 0 Å². The third-order valence-electron chi connectivity index (χ3n) is 5.45. The Bertz CT molecular complexity index is 1280. The van der Waals surface area contributed by atoms with Crippen LogP contribution in [0.15, 0.2) is 71.6 Å². The predicted octanol–water partition coefficient (Wildman–Crippen LogP) is 3.23. The van der Waals surface area contributed by atoms with Gasteiger partial charge in [-0.25, -0.2) is 8.42 Å². The number of rotatable bonds is 12. The lowest BCUT2D eigenvalue weighted by molar-refractivity contribution is -0.121. The highest BCUT2D eigenvalue weighted by Crippen LogP contribution is 2.31. The van der Waals surface area contributed by atoms with Gasteiger partial charge in [0.2, 0.25) is 15.9 Å². The first-order valence-corrected chi connectivity index (χ1v) is 12.5. The first-order chi connectivity index (χ1) is 17.3. The molecule has 0 heterocycles. The molecule has 0 radical (unpaired) electrons. The van der Waals surface area contributed by atoms with E-state index < -0.39 is 15.9 Å². The second-order valence-corrected chi connectivity index (χ2v) is 9.68. The number of methoxy groups -OCH3 is 4. The van der Waals surface area contributed by atoms with Gasteiger partial charge in [0, 0.05) is 19.2 Å². The van der Waals surface area contributed by atoms with Crippen molar-refractivity contribution in [3.05, 3.63) is 77.9 Å². The molecular weight excluding hydrogens is 484 g/mol. The van der Waals surface area contributed by atoms with Crippen LogP contribution in [0.3, 0.4) is 0 Å². The number of ether oxygens (including phenoxy) is 4. The Morgan fingerprint density at radius 2 is 1.33 bits per heavy atom. The molecule has 9 nitrogen and oxygen atoms in total. The predicted molar refractivity (Wildman–Crippen MR) is 135 cm³/mol. The fourth-order valence-electron chi connectivity index (χ4n) is 3.55. The Labute approximate surface area is 211 Å². The Morgan fingerprint density at radius 3 is 1.94 bits per heavy atom. The summed E-state index contributed by atoms with van der Waals surface area (Å²) in [5, 5.41) is 2.78. The monoisotopic (exact) mass is 514 g/mol. The molecule has 1 amide bonds. The molecule has 0 aliphatic heterocycles. The van der Waals surface area contributed by atoms with Gasteiger partial charge >= 0.3 is 0 Å². The van der Waals surface area contributed by atoms with Gasteiger partial charge in [-0.1, -0.05) is 36.4 Å². The fraction of sp³-hybridized carbons (Fsp3) is 0.269. The first kappa shape index (κ1) is 26.8. The summed E-state index contributed by atoms with van der Waals surface area (Å²) in [6.07, 6.45) is 0. The van der Waals surface area contributed by atoms with Gasteiger partial charge in [-0.05, 0) is 35.4 Å². The number of carbonyl (C=O) groups is 1. The number of nitrogens with one attached hydrogen (secondary N) is 1. The smallest absolute Gasteiger partial charge is 0.243 e. The van der Waals surface area contributed by atoms with E-state index in [1.54, 1.807) is 37.4 Å². The molecule has 0 saturated heterocycles. The van der Waals surface area contributed by atoms with Crippen molar-refractivity contribution >= 4 is 15.9 Å². The Morgan fingerprint density at radius 1 is 0.750 bits per heavy atom. The summed E-state index contributed by atoms with van der Waals surface area (Å²) in [6, 6.07) is 18.7. The summed E-state index contributed by atoms with van der Waals surface area (Å²) in [6.45, 7) is -0.172. The SMILES string of the molecule is COc1ccc(CNC(=O)CN(Cc2ccccc2)S(=O)(=O)c2ccc(OC)c(OC)c2)cc1OC. The Hall–Kier alpha value is -3.76. The molecule has 0 unspecified atom stereocenters. The maximum Gasteiger partial charge on any atom is 0.243 e. The largest absolute Gasteiger partial charge is 0.493 e. The summed E-state index contributed by atoms with van der Waals surface area (Å²) in [5.74, 6) is 1.33. The maximum absolute atomic E-state index is 13.6. The maximum atomic E-state index is 13.6. The number of amides is 1. The molecule has 1 N–H and O–H groups in total. The van der Waals surface area contributed by atoms with Gasteiger partial charge in [0.1, 0.15) is 0 Å². The van der Waals surface area contributed by atoms with Crippen LogP contribution in [-0.2, 0) is 27.9 Å². The molecule has 10 heteroatoms. The number of carbonyl (C=O) groups excluding carboxylic acids is 1. The van der Waals surface area contributed by atoms with Crippen molar-refractivity contribution in [3.63, 3.8) is 0 Å². The van der Waals surface area contributed by atoms with Crippen molar-refractivity contribution in [1.82, 2.24) is 9.62 Å².